The van der Waals surface area contributed by atoms with Crippen molar-refractivity contribution in [2.24, 2.45) is 5.92 Å². The third-order valence-corrected chi connectivity index (χ3v) is 7.32. The molecular formula is C23H28FN3O4S. The zero-order chi connectivity index (χ0) is 23.0. The minimum atomic E-state index is -3.79. The van der Waals surface area contributed by atoms with Crippen molar-refractivity contribution in [3.05, 3.63) is 66.0 Å². The highest BCUT2D eigenvalue weighted by molar-refractivity contribution is 7.89. The van der Waals surface area contributed by atoms with Gasteiger partial charge in [-0.3, -0.25) is 9.59 Å². The number of sulfonamides is 1. The molecule has 3 rings (SSSR count). The third kappa shape index (κ3) is 6.61. The topological polar surface area (TPSA) is 95.6 Å². The number of piperidine rings is 1. The molecule has 2 amide bonds. The first-order chi connectivity index (χ1) is 15.4. The standard InChI is InChI=1S/C23H28FN3O4S/c24-20-8-10-21(11-9-20)32(30,31)27-16-4-7-19(17-27)23(29)26-15-13-22(28)25-14-12-18-5-2-1-3-6-18/h1-3,5-6,8-11,19H,4,7,12-17H2,(H,25,28)(H,26,29). The van der Waals surface area contributed by atoms with Gasteiger partial charge in [-0.1, -0.05) is 30.3 Å². The van der Waals surface area contributed by atoms with Crippen molar-refractivity contribution >= 4 is 21.8 Å². The van der Waals surface area contributed by atoms with Gasteiger partial charge in [0.1, 0.15) is 5.82 Å². The van der Waals surface area contributed by atoms with Crippen molar-refractivity contribution in [2.75, 3.05) is 26.2 Å². The van der Waals surface area contributed by atoms with E-state index in [9.17, 15) is 22.4 Å². The van der Waals surface area contributed by atoms with Crippen molar-refractivity contribution < 1.29 is 22.4 Å². The van der Waals surface area contributed by atoms with E-state index in [4.69, 9.17) is 0 Å². The molecule has 0 aromatic heterocycles. The zero-order valence-corrected chi connectivity index (χ0v) is 18.6. The average molecular weight is 462 g/mol. The molecule has 1 saturated heterocycles. The summed E-state index contributed by atoms with van der Waals surface area (Å²) in [4.78, 5) is 24.5. The molecule has 1 aliphatic rings. The number of halogens is 1. The van der Waals surface area contributed by atoms with Crippen LogP contribution in [0, 0.1) is 11.7 Å². The molecule has 2 aromatic rings. The molecule has 0 aliphatic carbocycles. The zero-order valence-electron chi connectivity index (χ0n) is 17.8. The van der Waals surface area contributed by atoms with Crippen LogP contribution in [0.25, 0.3) is 0 Å². The molecule has 0 bridgehead atoms. The molecule has 0 saturated carbocycles. The molecule has 1 unspecified atom stereocenters. The highest BCUT2D eigenvalue weighted by Gasteiger charge is 2.33. The number of rotatable bonds is 9. The van der Waals surface area contributed by atoms with E-state index < -0.39 is 21.8 Å². The Morgan fingerprint density at radius 2 is 1.72 bits per heavy atom. The van der Waals surface area contributed by atoms with E-state index in [2.05, 4.69) is 10.6 Å². The van der Waals surface area contributed by atoms with Crippen LogP contribution in [0.4, 0.5) is 4.39 Å². The number of nitrogens with one attached hydrogen (secondary N) is 2. The van der Waals surface area contributed by atoms with E-state index in [0.717, 1.165) is 24.1 Å². The maximum atomic E-state index is 13.1. The molecule has 1 aliphatic heterocycles. The highest BCUT2D eigenvalue weighted by atomic mass is 32.2. The van der Waals surface area contributed by atoms with Gasteiger partial charge >= 0.3 is 0 Å². The van der Waals surface area contributed by atoms with Crippen molar-refractivity contribution in [3.63, 3.8) is 0 Å². The minimum Gasteiger partial charge on any atom is -0.356 e. The molecule has 0 radical (unpaired) electrons. The van der Waals surface area contributed by atoms with Gasteiger partial charge in [-0.05, 0) is 49.1 Å². The average Bonchev–Trinajstić information content (AvgIpc) is 2.80. The van der Waals surface area contributed by atoms with E-state index in [1.165, 1.54) is 16.4 Å². The Morgan fingerprint density at radius 1 is 1.00 bits per heavy atom. The summed E-state index contributed by atoms with van der Waals surface area (Å²) in [6.07, 6.45) is 2.02. The summed E-state index contributed by atoms with van der Waals surface area (Å²) in [6, 6.07) is 14.5. The summed E-state index contributed by atoms with van der Waals surface area (Å²) < 4.78 is 40.0. The number of carbonyl (C=O) groups is 2. The summed E-state index contributed by atoms with van der Waals surface area (Å²) in [6.45, 7) is 1.09. The van der Waals surface area contributed by atoms with Crippen LogP contribution in [-0.4, -0.2) is 50.7 Å². The van der Waals surface area contributed by atoms with E-state index in [0.29, 0.717) is 25.9 Å². The van der Waals surface area contributed by atoms with Crippen molar-refractivity contribution in [1.82, 2.24) is 14.9 Å². The highest BCUT2D eigenvalue weighted by Crippen LogP contribution is 2.24. The van der Waals surface area contributed by atoms with E-state index in [-0.39, 0.29) is 36.2 Å². The fraction of sp³-hybridized carbons (Fsp3) is 0.391. The lowest BCUT2D eigenvalue weighted by Crippen LogP contribution is -2.45. The maximum Gasteiger partial charge on any atom is 0.243 e. The van der Waals surface area contributed by atoms with Gasteiger partial charge in [-0.2, -0.15) is 4.31 Å². The molecule has 2 N–H and O–H groups in total. The molecule has 2 aromatic carbocycles. The second-order valence-corrected chi connectivity index (χ2v) is 9.72. The van der Waals surface area contributed by atoms with Crippen LogP contribution in [0.15, 0.2) is 59.5 Å². The Kier molecular flexibility index (Phi) is 8.35. The number of hydrogen-bond acceptors (Lipinski definition) is 4. The fourth-order valence-corrected chi connectivity index (χ4v) is 5.18. The van der Waals surface area contributed by atoms with E-state index in [1.807, 2.05) is 30.3 Å². The molecule has 1 fully saturated rings. The van der Waals surface area contributed by atoms with E-state index in [1.54, 1.807) is 0 Å². The molecule has 1 atom stereocenters. The monoisotopic (exact) mass is 461 g/mol. The Bertz CT molecular complexity index is 1010. The van der Waals surface area contributed by atoms with Gasteiger partial charge in [0.25, 0.3) is 0 Å². The van der Waals surface area contributed by atoms with Crippen LogP contribution < -0.4 is 10.6 Å². The van der Waals surface area contributed by atoms with Gasteiger partial charge in [0.2, 0.25) is 21.8 Å². The number of nitrogens with zero attached hydrogens (tertiary/aromatic N) is 1. The second-order valence-electron chi connectivity index (χ2n) is 7.78. The lowest BCUT2D eigenvalue weighted by molar-refractivity contribution is -0.126. The SMILES string of the molecule is O=C(CCNC(=O)C1CCCN(S(=O)(=O)c2ccc(F)cc2)C1)NCCc1ccccc1. The summed E-state index contributed by atoms with van der Waals surface area (Å²) in [7, 11) is -3.79. The Hall–Kier alpha value is -2.78. The Morgan fingerprint density at radius 3 is 2.44 bits per heavy atom. The molecular weight excluding hydrogens is 433 g/mol. The van der Waals surface area contributed by atoms with Gasteiger partial charge in [0, 0.05) is 32.6 Å². The van der Waals surface area contributed by atoms with Crippen LogP contribution in [-0.2, 0) is 26.0 Å². The van der Waals surface area contributed by atoms with Gasteiger partial charge in [0.15, 0.2) is 0 Å². The fourth-order valence-electron chi connectivity index (χ4n) is 3.65. The lowest BCUT2D eigenvalue weighted by atomic mass is 9.99. The molecule has 7 nitrogen and oxygen atoms in total. The quantitative estimate of drug-likeness (QED) is 0.598. The van der Waals surface area contributed by atoms with Crippen molar-refractivity contribution in [2.45, 2.75) is 30.6 Å². The smallest absolute Gasteiger partial charge is 0.243 e. The van der Waals surface area contributed by atoms with Crippen LogP contribution in [0.3, 0.4) is 0 Å². The van der Waals surface area contributed by atoms with Crippen LogP contribution in [0.2, 0.25) is 0 Å². The van der Waals surface area contributed by atoms with Crippen molar-refractivity contribution in [1.29, 1.82) is 0 Å². The molecule has 9 heteroatoms. The number of carbonyl (C=O) groups excluding carboxylic acids is 2. The van der Waals surface area contributed by atoms with Gasteiger partial charge in [-0.25, -0.2) is 12.8 Å². The van der Waals surface area contributed by atoms with Crippen LogP contribution >= 0.6 is 0 Å². The summed E-state index contributed by atoms with van der Waals surface area (Å²) >= 11 is 0. The number of hydrogen-bond donors (Lipinski definition) is 2. The summed E-state index contributed by atoms with van der Waals surface area (Å²) in [5.74, 6) is -1.41. The number of benzene rings is 2. The first-order valence-electron chi connectivity index (χ1n) is 10.7. The Balaban J connectivity index is 1.42. The molecule has 1 heterocycles. The molecule has 32 heavy (non-hydrogen) atoms. The molecule has 172 valence electrons. The first-order valence-corrected chi connectivity index (χ1v) is 12.1. The minimum absolute atomic E-state index is 0.00660. The third-order valence-electron chi connectivity index (χ3n) is 5.44. The normalized spacial score (nSPS) is 17.0. The van der Waals surface area contributed by atoms with Gasteiger partial charge < -0.3 is 10.6 Å². The first kappa shape index (κ1) is 23.9. The second kappa shape index (κ2) is 11.2. The van der Waals surface area contributed by atoms with Crippen LogP contribution in [0.1, 0.15) is 24.8 Å². The lowest BCUT2D eigenvalue weighted by Gasteiger charge is -2.31. The van der Waals surface area contributed by atoms with E-state index >= 15 is 0 Å². The van der Waals surface area contributed by atoms with Gasteiger partial charge in [-0.15, -0.1) is 0 Å². The summed E-state index contributed by atoms with van der Waals surface area (Å²) in [5, 5.41) is 5.57. The van der Waals surface area contributed by atoms with Crippen LogP contribution in [0.5, 0.6) is 0 Å². The number of amides is 2. The van der Waals surface area contributed by atoms with Gasteiger partial charge in [0.05, 0.1) is 10.8 Å². The predicted octanol–water partition coefficient (Wildman–Crippen LogP) is 2.09. The molecule has 0 spiro atoms. The summed E-state index contributed by atoms with van der Waals surface area (Å²) in [5.41, 5.74) is 1.14. The van der Waals surface area contributed by atoms with Crippen molar-refractivity contribution in [3.8, 4) is 0 Å². The Labute approximate surface area is 188 Å². The largest absolute Gasteiger partial charge is 0.356 e. The maximum absolute atomic E-state index is 13.1. The predicted molar refractivity (Wildman–Crippen MR) is 119 cm³/mol.